The zero-order valence-electron chi connectivity index (χ0n) is 15.3. The molecule has 142 valence electrons. The third kappa shape index (κ3) is 4.92. The Kier molecular flexibility index (Phi) is 6.19. The lowest BCUT2D eigenvalue weighted by molar-refractivity contribution is -0.385. The molecule has 6 heteroatoms. The van der Waals surface area contributed by atoms with Crippen molar-refractivity contribution in [3.8, 4) is 5.75 Å². The minimum Gasteiger partial charge on any atom is -0.489 e. The van der Waals surface area contributed by atoms with E-state index >= 15 is 0 Å². The number of hydrogen-bond acceptors (Lipinski definition) is 5. The predicted octanol–water partition coefficient (Wildman–Crippen LogP) is 4.02. The molecule has 0 saturated carbocycles. The van der Waals surface area contributed by atoms with Crippen LogP contribution in [0.1, 0.15) is 29.5 Å². The van der Waals surface area contributed by atoms with Crippen LogP contribution in [0.15, 0.2) is 42.5 Å². The van der Waals surface area contributed by atoms with Crippen LogP contribution in [0.2, 0.25) is 0 Å². The van der Waals surface area contributed by atoms with Gasteiger partial charge < -0.3 is 9.47 Å². The van der Waals surface area contributed by atoms with Crippen molar-refractivity contribution in [1.29, 1.82) is 0 Å². The number of nitrogens with zero attached hydrogens (tertiary/aromatic N) is 1. The van der Waals surface area contributed by atoms with Crippen LogP contribution in [-0.2, 0) is 22.6 Å². The van der Waals surface area contributed by atoms with Gasteiger partial charge in [-0.05, 0) is 37.0 Å². The van der Waals surface area contributed by atoms with Crippen molar-refractivity contribution in [2.24, 2.45) is 5.92 Å². The molecular weight excluding hydrogens is 346 g/mol. The standard InChI is InChI=1S/C21H23NO5/c1-15-11-18(27-14-16-5-3-2-4-6-16)12-20(22(24)25)19(15)13-21(23)17-7-9-26-10-8-17/h2-6,11-12,17H,7-10,13-14H2,1H3. The van der Waals surface area contributed by atoms with Gasteiger partial charge in [-0.15, -0.1) is 0 Å². The molecule has 1 heterocycles. The van der Waals surface area contributed by atoms with Crippen LogP contribution in [0.3, 0.4) is 0 Å². The highest BCUT2D eigenvalue weighted by Crippen LogP contribution is 2.31. The molecule has 27 heavy (non-hydrogen) atoms. The molecule has 0 spiro atoms. The fourth-order valence-corrected chi connectivity index (χ4v) is 3.32. The van der Waals surface area contributed by atoms with Crippen LogP contribution < -0.4 is 4.74 Å². The number of hydrogen-bond donors (Lipinski definition) is 0. The Hall–Kier alpha value is -2.73. The van der Waals surface area contributed by atoms with Crippen molar-refractivity contribution in [3.05, 3.63) is 69.3 Å². The molecule has 0 radical (unpaired) electrons. The Morgan fingerprint density at radius 1 is 1.22 bits per heavy atom. The number of nitro benzene ring substituents is 1. The van der Waals surface area contributed by atoms with Gasteiger partial charge in [0.25, 0.3) is 5.69 Å². The van der Waals surface area contributed by atoms with Crippen LogP contribution >= 0.6 is 0 Å². The van der Waals surface area contributed by atoms with Gasteiger partial charge in [0.05, 0.1) is 11.0 Å². The quantitative estimate of drug-likeness (QED) is 0.544. The average Bonchev–Trinajstić information content (AvgIpc) is 2.69. The molecule has 1 aliphatic heterocycles. The second kappa shape index (κ2) is 8.77. The molecule has 1 saturated heterocycles. The van der Waals surface area contributed by atoms with Gasteiger partial charge in [-0.2, -0.15) is 0 Å². The minimum atomic E-state index is -0.436. The van der Waals surface area contributed by atoms with E-state index < -0.39 is 4.92 Å². The summed E-state index contributed by atoms with van der Waals surface area (Å²) in [4.78, 5) is 23.7. The fraction of sp³-hybridized carbons (Fsp3) is 0.381. The summed E-state index contributed by atoms with van der Waals surface area (Å²) in [5, 5.41) is 11.6. The lowest BCUT2D eigenvalue weighted by Crippen LogP contribution is -2.25. The first-order valence-electron chi connectivity index (χ1n) is 9.09. The molecule has 3 rings (SSSR count). The first-order chi connectivity index (χ1) is 13.0. The Labute approximate surface area is 158 Å². The van der Waals surface area contributed by atoms with Crippen LogP contribution in [-0.4, -0.2) is 23.9 Å². The van der Waals surface area contributed by atoms with Crippen LogP contribution in [0.25, 0.3) is 0 Å². The Balaban J connectivity index is 1.77. The molecule has 0 bridgehead atoms. The van der Waals surface area contributed by atoms with Crippen molar-refractivity contribution in [1.82, 2.24) is 0 Å². The molecule has 0 amide bonds. The van der Waals surface area contributed by atoms with Crippen molar-refractivity contribution in [2.75, 3.05) is 13.2 Å². The molecule has 2 aromatic carbocycles. The monoisotopic (exact) mass is 369 g/mol. The lowest BCUT2D eigenvalue weighted by Gasteiger charge is -2.21. The normalized spacial score (nSPS) is 14.7. The maximum Gasteiger partial charge on any atom is 0.277 e. The zero-order valence-corrected chi connectivity index (χ0v) is 15.3. The molecule has 0 unspecified atom stereocenters. The summed E-state index contributed by atoms with van der Waals surface area (Å²) in [6, 6.07) is 12.8. The van der Waals surface area contributed by atoms with Gasteiger partial charge >= 0.3 is 0 Å². The smallest absolute Gasteiger partial charge is 0.277 e. The average molecular weight is 369 g/mol. The molecule has 1 fully saturated rings. The van der Waals surface area contributed by atoms with E-state index in [0.717, 1.165) is 5.56 Å². The van der Waals surface area contributed by atoms with Gasteiger partial charge in [0.2, 0.25) is 0 Å². The summed E-state index contributed by atoms with van der Waals surface area (Å²) in [5.41, 5.74) is 2.10. The van der Waals surface area contributed by atoms with Crippen LogP contribution in [0.4, 0.5) is 5.69 Å². The first kappa shape index (κ1) is 19.0. The number of ketones is 1. The van der Waals surface area contributed by atoms with E-state index in [1.54, 1.807) is 13.0 Å². The highest BCUT2D eigenvalue weighted by Gasteiger charge is 2.26. The van der Waals surface area contributed by atoms with Crippen molar-refractivity contribution >= 4 is 11.5 Å². The van der Waals surface area contributed by atoms with Gasteiger partial charge in [0.1, 0.15) is 18.1 Å². The van der Waals surface area contributed by atoms with Crippen molar-refractivity contribution < 1.29 is 19.2 Å². The zero-order chi connectivity index (χ0) is 19.2. The van der Waals surface area contributed by atoms with E-state index in [-0.39, 0.29) is 23.8 Å². The lowest BCUT2D eigenvalue weighted by atomic mass is 9.89. The molecule has 6 nitrogen and oxygen atoms in total. The number of carbonyl (C=O) groups is 1. The Bertz CT molecular complexity index is 813. The van der Waals surface area contributed by atoms with E-state index in [4.69, 9.17) is 9.47 Å². The van der Waals surface area contributed by atoms with E-state index in [2.05, 4.69) is 0 Å². The minimum absolute atomic E-state index is 0.0439. The van der Waals surface area contributed by atoms with Gasteiger partial charge in [0, 0.05) is 31.1 Å². The molecule has 0 aromatic heterocycles. The van der Waals surface area contributed by atoms with Gasteiger partial charge in [-0.1, -0.05) is 30.3 Å². The molecule has 2 aromatic rings. The van der Waals surface area contributed by atoms with E-state index in [1.807, 2.05) is 30.3 Å². The summed E-state index contributed by atoms with van der Waals surface area (Å²) in [6.07, 6.45) is 1.44. The highest BCUT2D eigenvalue weighted by atomic mass is 16.6. The number of benzene rings is 2. The number of aryl methyl sites for hydroxylation is 1. The molecule has 0 atom stereocenters. The van der Waals surface area contributed by atoms with E-state index in [1.165, 1.54) is 6.07 Å². The Morgan fingerprint density at radius 3 is 2.59 bits per heavy atom. The fourth-order valence-electron chi connectivity index (χ4n) is 3.32. The van der Waals surface area contributed by atoms with Gasteiger partial charge in [-0.25, -0.2) is 0 Å². The summed E-state index contributed by atoms with van der Waals surface area (Å²) in [6.45, 7) is 3.26. The number of rotatable bonds is 7. The summed E-state index contributed by atoms with van der Waals surface area (Å²) in [5.74, 6) is 0.402. The Morgan fingerprint density at radius 2 is 1.93 bits per heavy atom. The summed E-state index contributed by atoms with van der Waals surface area (Å²) >= 11 is 0. The first-order valence-corrected chi connectivity index (χ1v) is 9.09. The second-order valence-corrected chi connectivity index (χ2v) is 6.80. The van der Waals surface area contributed by atoms with Crippen molar-refractivity contribution in [2.45, 2.75) is 32.8 Å². The predicted molar refractivity (Wildman–Crippen MR) is 101 cm³/mol. The SMILES string of the molecule is Cc1cc(OCc2ccccc2)cc([N+](=O)[O-])c1CC(=O)C1CCOCC1. The molecule has 0 aliphatic carbocycles. The molecular formula is C21H23NO5. The maximum absolute atomic E-state index is 12.6. The molecule has 0 N–H and O–H groups in total. The highest BCUT2D eigenvalue weighted by molar-refractivity contribution is 5.84. The number of carbonyl (C=O) groups excluding carboxylic acids is 1. The second-order valence-electron chi connectivity index (χ2n) is 6.80. The summed E-state index contributed by atoms with van der Waals surface area (Å²) < 4.78 is 11.0. The van der Waals surface area contributed by atoms with Crippen molar-refractivity contribution in [3.63, 3.8) is 0 Å². The van der Waals surface area contributed by atoms with Crippen LogP contribution in [0, 0.1) is 23.0 Å². The maximum atomic E-state index is 12.6. The number of ether oxygens (including phenoxy) is 2. The van der Waals surface area contributed by atoms with Gasteiger partial charge in [0.15, 0.2) is 0 Å². The van der Waals surface area contributed by atoms with E-state index in [0.29, 0.717) is 49.5 Å². The third-order valence-electron chi connectivity index (χ3n) is 4.90. The van der Waals surface area contributed by atoms with Gasteiger partial charge in [-0.3, -0.25) is 14.9 Å². The molecule has 1 aliphatic rings. The number of Topliss-reactive ketones (excluding diaryl/α,β-unsaturated/α-hetero) is 1. The summed E-state index contributed by atoms with van der Waals surface area (Å²) in [7, 11) is 0. The largest absolute Gasteiger partial charge is 0.489 e. The third-order valence-corrected chi connectivity index (χ3v) is 4.90. The topological polar surface area (TPSA) is 78.7 Å². The van der Waals surface area contributed by atoms with Crippen LogP contribution in [0.5, 0.6) is 5.75 Å². The number of nitro groups is 1. The van der Waals surface area contributed by atoms with E-state index in [9.17, 15) is 14.9 Å².